The third-order valence-corrected chi connectivity index (χ3v) is 4.86. The van der Waals surface area contributed by atoms with E-state index in [1.165, 1.54) is 17.3 Å². The van der Waals surface area contributed by atoms with Gasteiger partial charge in [-0.05, 0) is 25.0 Å². The van der Waals surface area contributed by atoms with Gasteiger partial charge in [0.05, 0.1) is 16.1 Å². The Morgan fingerprint density at radius 1 is 1.26 bits per heavy atom. The molecule has 0 spiro atoms. The lowest BCUT2D eigenvalue weighted by Crippen LogP contribution is -2.05. The average Bonchev–Trinajstić information content (AvgIpc) is 2.92. The fraction of sp³-hybridized carbons (Fsp3) is 0.188. The first kappa shape index (κ1) is 16.1. The fourth-order valence-corrected chi connectivity index (χ4v) is 3.59. The number of halogens is 2. The van der Waals surface area contributed by atoms with E-state index >= 15 is 0 Å². The maximum absolute atomic E-state index is 9.44. The normalized spacial score (nSPS) is 12.3. The van der Waals surface area contributed by atoms with Crippen LogP contribution in [0.25, 0.3) is 5.65 Å². The molecule has 1 aromatic carbocycles. The Labute approximate surface area is 148 Å². The number of nitrogens with zero attached hydrogens (tertiary/aromatic N) is 4. The Morgan fingerprint density at radius 3 is 2.70 bits per heavy atom. The second kappa shape index (κ2) is 6.79. The first-order chi connectivity index (χ1) is 11.1. The predicted octanol–water partition coefficient (Wildman–Crippen LogP) is 4.57. The van der Waals surface area contributed by atoms with Gasteiger partial charge in [0.25, 0.3) is 0 Å². The molecule has 0 bridgehead atoms. The van der Waals surface area contributed by atoms with Crippen molar-refractivity contribution in [3.63, 3.8) is 0 Å². The number of aryl methyl sites for hydroxylation is 1. The first-order valence-electron chi connectivity index (χ1n) is 6.88. The number of rotatable bonds is 4. The maximum atomic E-state index is 9.44. The summed E-state index contributed by atoms with van der Waals surface area (Å²) in [7, 11) is 0. The first-order valence-corrected chi connectivity index (χ1v) is 8.52. The summed E-state index contributed by atoms with van der Waals surface area (Å²) in [5.74, 6) is 0. The number of hydrogen-bond donors (Lipinski definition) is 0. The van der Waals surface area contributed by atoms with Crippen molar-refractivity contribution in [2.75, 3.05) is 0 Å². The van der Waals surface area contributed by atoms with E-state index in [2.05, 4.69) is 16.3 Å². The van der Waals surface area contributed by atoms with Gasteiger partial charge in [-0.15, -0.1) is 10.2 Å². The van der Waals surface area contributed by atoms with Crippen LogP contribution in [0, 0.1) is 18.3 Å². The number of thioether (sulfide) groups is 1. The largest absolute Gasteiger partial charge is 0.275 e. The quantitative estimate of drug-likeness (QED) is 0.637. The van der Waals surface area contributed by atoms with Crippen molar-refractivity contribution in [1.29, 1.82) is 5.26 Å². The van der Waals surface area contributed by atoms with Crippen LogP contribution in [-0.2, 0) is 6.42 Å². The van der Waals surface area contributed by atoms with Gasteiger partial charge in [-0.25, -0.2) is 0 Å². The molecular weight excluding hydrogens is 351 g/mol. The summed E-state index contributed by atoms with van der Waals surface area (Å²) >= 11 is 13.5. The smallest absolute Gasteiger partial charge is 0.196 e. The number of fused-ring (bicyclic) bond motifs is 1. The summed E-state index contributed by atoms with van der Waals surface area (Å²) in [4.78, 5) is 0. The highest BCUT2D eigenvalue weighted by Crippen LogP contribution is 2.28. The van der Waals surface area contributed by atoms with Gasteiger partial charge >= 0.3 is 0 Å². The van der Waals surface area contributed by atoms with Crippen molar-refractivity contribution in [2.45, 2.75) is 23.8 Å². The van der Waals surface area contributed by atoms with Crippen LogP contribution >= 0.6 is 35.0 Å². The highest BCUT2D eigenvalue weighted by molar-refractivity contribution is 8.00. The van der Waals surface area contributed by atoms with E-state index in [0.717, 1.165) is 5.56 Å². The van der Waals surface area contributed by atoms with Crippen molar-refractivity contribution in [1.82, 2.24) is 14.6 Å². The van der Waals surface area contributed by atoms with Crippen LogP contribution < -0.4 is 0 Å². The minimum absolute atomic E-state index is 0.275. The van der Waals surface area contributed by atoms with Crippen molar-refractivity contribution in [3.8, 4) is 6.07 Å². The maximum Gasteiger partial charge on any atom is 0.196 e. The van der Waals surface area contributed by atoms with Gasteiger partial charge in [0.1, 0.15) is 5.25 Å². The van der Waals surface area contributed by atoms with Crippen LogP contribution in [0.1, 0.15) is 11.1 Å². The molecule has 0 N–H and O–H groups in total. The van der Waals surface area contributed by atoms with E-state index < -0.39 is 0 Å². The molecule has 4 nitrogen and oxygen atoms in total. The van der Waals surface area contributed by atoms with Gasteiger partial charge < -0.3 is 0 Å². The summed E-state index contributed by atoms with van der Waals surface area (Å²) in [6, 6.07) is 12.1. The Kier molecular flexibility index (Phi) is 4.76. The molecule has 23 heavy (non-hydrogen) atoms. The highest BCUT2D eigenvalue weighted by Gasteiger charge is 2.17. The molecule has 0 saturated heterocycles. The zero-order chi connectivity index (χ0) is 16.4. The summed E-state index contributed by atoms with van der Waals surface area (Å²) in [5.41, 5.74) is 2.84. The number of pyridine rings is 1. The molecule has 0 radical (unpaired) electrons. The standard InChI is InChI=1S/C16H12Cl2N4S/c1-10-2-4-11(5-3-10)6-13(8-19)23-16-21-20-15-14(18)7-12(17)9-22(15)16/h2-5,7,9,13H,6H2,1H3/t13-/m1/s1. The van der Waals surface area contributed by atoms with E-state index in [1.54, 1.807) is 16.7 Å². The molecule has 116 valence electrons. The van der Waals surface area contributed by atoms with E-state index in [-0.39, 0.29) is 5.25 Å². The van der Waals surface area contributed by atoms with Gasteiger partial charge in [0.2, 0.25) is 0 Å². The zero-order valence-electron chi connectivity index (χ0n) is 12.2. The molecule has 0 saturated carbocycles. The zero-order valence-corrected chi connectivity index (χ0v) is 14.5. The molecule has 0 fully saturated rings. The molecule has 3 rings (SSSR count). The molecule has 2 aromatic heterocycles. The molecular formula is C16H12Cl2N4S. The Balaban J connectivity index is 1.85. The Hall–Kier alpha value is -1.74. The molecule has 2 heterocycles. The molecule has 3 aromatic rings. The van der Waals surface area contributed by atoms with Gasteiger partial charge in [0.15, 0.2) is 10.8 Å². The van der Waals surface area contributed by atoms with E-state index in [0.29, 0.717) is 27.3 Å². The second-order valence-corrected chi connectivity index (χ2v) is 7.12. The van der Waals surface area contributed by atoms with Crippen LogP contribution in [0.4, 0.5) is 0 Å². The number of benzene rings is 1. The molecule has 0 aliphatic rings. The monoisotopic (exact) mass is 362 g/mol. The van der Waals surface area contributed by atoms with Crippen molar-refractivity contribution in [2.24, 2.45) is 0 Å². The van der Waals surface area contributed by atoms with Crippen LogP contribution in [0.15, 0.2) is 41.7 Å². The Bertz CT molecular complexity index is 883. The minimum Gasteiger partial charge on any atom is -0.275 e. The van der Waals surface area contributed by atoms with Gasteiger partial charge in [-0.1, -0.05) is 64.8 Å². The van der Waals surface area contributed by atoms with E-state index in [9.17, 15) is 5.26 Å². The second-order valence-electron chi connectivity index (χ2n) is 5.11. The molecule has 0 aliphatic carbocycles. The van der Waals surface area contributed by atoms with Crippen LogP contribution in [0.5, 0.6) is 0 Å². The van der Waals surface area contributed by atoms with Crippen LogP contribution in [-0.4, -0.2) is 19.8 Å². The lowest BCUT2D eigenvalue weighted by molar-refractivity contribution is 0.909. The van der Waals surface area contributed by atoms with Crippen LogP contribution in [0.3, 0.4) is 0 Å². The number of nitriles is 1. The third kappa shape index (κ3) is 3.61. The van der Waals surface area contributed by atoms with Crippen molar-refractivity contribution in [3.05, 3.63) is 57.7 Å². The minimum atomic E-state index is -0.275. The third-order valence-electron chi connectivity index (χ3n) is 3.33. The topological polar surface area (TPSA) is 54.0 Å². The molecule has 0 amide bonds. The summed E-state index contributed by atoms with van der Waals surface area (Å²) in [6.45, 7) is 2.04. The Morgan fingerprint density at radius 2 is 2.00 bits per heavy atom. The van der Waals surface area contributed by atoms with Crippen molar-refractivity contribution < 1.29 is 0 Å². The summed E-state index contributed by atoms with van der Waals surface area (Å²) in [6.07, 6.45) is 2.33. The highest BCUT2D eigenvalue weighted by atomic mass is 35.5. The predicted molar refractivity (Wildman–Crippen MR) is 93.1 cm³/mol. The molecule has 0 aliphatic heterocycles. The fourth-order valence-electron chi connectivity index (χ4n) is 2.16. The number of aromatic nitrogens is 3. The summed E-state index contributed by atoms with van der Waals surface area (Å²) < 4.78 is 1.72. The molecule has 1 atom stereocenters. The van der Waals surface area contributed by atoms with Crippen LogP contribution in [0.2, 0.25) is 10.0 Å². The average molecular weight is 363 g/mol. The summed E-state index contributed by atoms with van der Waals surface area (Å²) in [5, 5.41) is 18.9. The van der Waals surface area contributed by atoms with E-state index in [1.807, 2.05) is 31.2 Å². The van der Waals surface area contributed by atoms with Gasteiger partial charge in [-0.2, -0.15) is 5.26 Å². The van der Waals surface area contributed by atoms with Crippen molar-refractivity contribution >= 4 is 40.6 Å². The SMILES string of the molecule is Cc1ccc(C[C@H](C#N)Sc2nnc3c(Cl)cc(Cl)cn23)cc1. The lowest BCUT2D eigenvalue weighted by Gasteiger charge is -2.08. The van der Waals surface area contributed by atoms with Gasteiger partial charge in [-0.3, -0.25) is 4.40 Å². The van der Waals surface area contributed by atoms with E-state index in [4.69, 9.17) is 23.2 Å². The lowest BCUT2D eigenvalue weighted by atomic mass is 10.1. The molecule has 0 unspecified atom stereocenters. The number of hydrogen-bond acceptors (Lipinski definition) is 4. The van der Waals surface area contributed by atoms with Gasteiger partial charge in [0, 0.05) is 6.20 Å². The molecule has 7 heteroatoms.